The molecular weight excluding hydrogens is 356 g/mol. The number of benzene rings is 1. The van der Waals surface area contributed by atoms with Gasteiger partial charge in [0.25, 0.3) is 5.91 Å². The summed E-state index contributed by atoms with van der Waals surface area (Å²) >= 11 is 0. The molecule has 4 N–H and O–H groups in total. The van der Waals surface area contributed by atoms with Gasteiger partial charge in [-0.3, -0.25) is 14.4 Å². The van der Waals surface area contributed by atoms with Crippen molar-refractivity contribution in [2.75, 3.05) is 25.0 Å². The summed E-state index contributed by atoms with van der Waals surface area (Å²) in [5.41, 5.74) is 6.84. The van der Waals surface area contributed by atoms with Crippen LogP contribution in [0.4, 0.5) is 5.69 Å². The van der Waals surface area contributed by atoms with Crippen molar-refractivity contribution < 1.29 is 14.4 Å². The van der Waals surface area contributed by atoms with Crippen molar-refractivity contribution in [1.29, 1.82) is 0 Å². The Bertz CT molecular complexity index is 601. The Hall–Kier alpha value is -2.12. The van der Waals surface area contributed by atoms with Gasteiger partial charge in [0.15, 0.2) is 0 Å². The van der Waals surface area contributed by atoms with Crippen LogP contribution in [0.3, 0.4) is 0 Å². The number of carbonyl (C=O) groups is 3. The molecule has 8 heteroatoms. The topological polar surface area (TPSA) is 105 Å². The van der Waals surface area contributed by atoms with E-state index >= 15 is 0 Å². The third-order valence-electron chi connectivity index (χ3n) is 3.91. The van der Waals surface area contributed by atoms with Crippen LogP contribution in [0.1, 0.15) is 38.1 Å². The van der Waals surface area contributed by atoms with Gasteiger partial charge in [0, 0.05) is 24.3 Å². The third-order valence-corrected chi connectivity index (χ3v) is 3.91. The van der Waals surface area contributed by atoms with Crippen molar-refractivity contribution in [1.82, 2.24) is 10.2 Å². The molecule has 0 aromatic heterocycles. The van der Waals surface area contributed by atoms with Crippen molar-refractivity contribution in [3.63, 3.8) is 0 Å². The molecule has 0 aliphatic heterocycles. The zero-order chi connectivity index (χ0) is 19.0. The second-order valence-corrected chi connectivity index (χ2v) is 6.09. The standard InChI is InChI=1S/C18H28N4O3.ClH/c1-5-22(6-2)18(25)13-7-9-14(10-8-13)21-15(23)11-20-17(24)16(19)12(3)4;/h7-10,12,16H,5-6,11,19H2,1-4H3,(H,20,24)(H,21,23);1H/t16-;/m0./s1. The van der Waals surface area contributed by atoms with E-state index in [2.05, 4.69) is 10.6 Å². The molecule has 1 rings (SSSR count). The molecule has 0 spiro atoms. The molecule has 1 aromatic rings. The van der Waals surface area contributed by atoms with Crippen LogP contribution in [0.15, 0.2) is 24.3 Å². The van der Waals surface area contributed by atoms with Gasteiger partial charge >= 0.3 is 0 Å². The molecule has 0 saturated carbocycles. The number of carbonyl (C=O) groups excluding carboxylic acids is 3. The number of amides is 3. The number of rotatable bonds is 8. The first-order valence-corrected chi connectivity index (χ1v) is 8.52. The van der Waals surface area contributed by atoms with E-state index in [0.717, 1.165) is 0 Å². The summed E-state index contributed by atoms with van der Waals surface area (Å²) in [4.78, 5) is 37.5. The highest BCUT2D eigenvalue weighted by Crippen LogP contribution is 2.11. The smallest absolute Gasteiger partial charge is 0.253 e. The molecule has 0 radical (unpaired) electrons. The second-order valence-electron chi connectivity index (χ2n) is 6.09. The molecule has 0 saturated heterocycles. The Kier molecular flexibility index (Phi) is 10.6. The van der Waals surface area contributed by atoms with E-state index in [0.29, 0.717) is 24.3 Å². The molecule has 7 nitrogen and oxygen atoms in total. The minimum Gasteiger partial charge on any atom is -0.346 e. The number of nitrogens with zero attached hydrogens (tertiary/aromatic N) is 1. The molecule has 146 valence electrons. The minimum atomic E-state index is -0.641. The van der Waals surface area contributed by atoms with E-state index in [1.54, 1.807) is 29.2 Å². The van der Waals surface area contributed by atoms with E-state index in [1.807, 2.05) is 27.7 Å². The van der Waals surface area contributed by atoms with Gasteiger partial charge in [0.2, 0.25) is 11.8 Å². The van der Waals surface area contributed by atoms with E-state index in [-0.39, 0.29) is 42.6 Å². The van der Waals surface area contributed by atoms with Crippen molar-refractivity contribution in [3.05, 3.63) is 29.8 Å². The SMILES string of the molecule is CCN(CC)C(=O)c1ccc(NC(=O)CNC(=O)[C@@H](N)C(C)C)cc1.Cl. The Morgan fingerprint density at radius 1 is 1.08 bits per heavy atom. The van der Waals surface area contributed by atoms with Crippen LogP contribution >= 0.6 is 12.4 Å². The maximum Gasteiger partial charge on any atom is 0.253 e. The van der Waals surface area contributed by atoms with Crippen LogP contribution in [0.25, 0.3) is 0 Å². The third kappa shape index (κ3) is 7.01. The molecule has 0 bridgehead atoms. The van der Waals surface area contributed by atoms with Crippen LogP contribution in [-0.2, 0) is 9.59 Å². The van der Waals surface area contributed by atoms with Crippen molar-refractivity contribution in [2.24, 2.45) is 11.7 Å². The van der Waals surface area contributed by atoms with Crippen molar-refractivity contribution in [3.8, 4) is 0 Å². The molecule has 0 aliphatic carbocycles. The zero-order valence-electron chi connectivity index (χ0n) is 15.7. The molecule has 1 atom stereocenters. The lowest BCUT2D eigenvalue weighted by molar-refractivity contribution is -0.125. The van der Waals surface area contributed by atoms with Gasteiger partial charge in [-0.05, 0) is 44.0 Å². The summed E-state index contributed by atoms with van der Waals surface area (Å²) in [5, 5.41) is 5.18. The predicted octanol–water partition coefficient (Wildman–Crippen LogP) is 1.63. The van der Waals surface area contributed by atoms with Gasteiger partial charge < -0.3 is 21.3 Å². The van der Waals surface area contributed by atoms with E-state index < -0.39 is 6.04 Å². The van der Waals surface area contributed by atoms with Gasteiger partial charge in [-0.1, -0.05) is 13.8 Å². The summed E-state index contributed by atoms with van der Waals surface area (Å²) in [6, 6.07) is 6.03. The highest BCUT2D eigenvalue weighted by molar-refractivity contribution is 5.97. The maximum atomic E-state index is 12.2. The average molecular weight is 385 g/mol. The molecule has 1 aromatic carbocycles. The largest absolute Gasteiger partial charge is 0.346 e. The van der Waals surface area contributed by atoms with Crippen LogP contribution < -0.4 is 16.4 Å². The van der Waals surface area contributed by atoms with Gasteiger partial charge in [-0.25, -0.2) is 0 Å². The number of hydrogen-bond acceptors (Lipinski definition) is 4. The lowest BCUT2D eigenvalue weighted by Crippen LogP contribution is -2.46. The first-order chi connectivity index (χ1) is 11.8. The lowest BCUT2D eigenvalue weighted by Gasteiger charge is -2.18. The highest BCUT2D eigenvalue weighted by atomic mass is 35.5. The molecular formula is C18H29ClN4O3. The molecule has 0 aliphatic rings. The van der Waals surface area contributed by atoms with Crippen LogP contribution in [0.5, 0.6) is 0 Å². The summed E-state index contributed by atoms with van der Waals surface area (Å²) in [6.45, 7) is 8.67. The minimum absolute atomic E-state index is 0. The van der Waals surface area contributed by atoms with Crippen LogP contribution in [0.2, 0.25) is 0 Å². The fourth-order valence-corrected chi connectivity index (χ4v) is 2.18. The summed E-state index contributed by atoms with van der Waals surface area (Å²) in [5.74, 6) is -0.755. The van der Waals surface area contributed by atoms with Crippen LogP contribution in [-0.4, -0.2) is 48.3 Å². The number of halogens is 1. The fraction of sp³-hybridized carbons (Fsp3) is 0.500. The van der Waals surface area contributed by atoms with E-state index in [1.165, 1.54) is 0 Å². The average Bonchev–Trinajstić information content (AvgIpc) is 2.60. The van der Waals surface area contributed by atoms with E-state index in [9.17, 15) is 14.4 Å². The number of hydrogen-bond donors (Lipinski definition) is 3. The Morgan fingerprint density at radius 3 is 2.08 bits per heavy atom. The normalized spacial score (nSPS) is 11.3. The number of nitrogens with two attached hydrogens (primary N) is 1. The van der Waals surface area contributed by atoms with Gasteiger partial charge in [-0.2, -0.15) is 0 Å². The molecule has 0 heterocycles. The first-order valence-electron chi connectivity index (χ1n) is 8.52. The molecule has 26 heavy (non-hydrogen) atoms. The molecule has 0 unspecified atom stereocenters. The maximum absolute atomic E-state index is 12.2. The van der Waals surface area contributed by atoms with Crippen molar-refractivity contribution in [2.45, 2.75) is 33.7 Å². The quantitative estimate of drug-likeness (QED) is 0.633. The van der Waals surface area contributed by atoms with Gasteiger partial charge in [0.05, 0.1) is 12.6 Å². The van der Waals surface area contributed by atoms with Crippen LogP contribution in [0, 0.1) is 5.92 Å². The first kappa shape index (κ1) is 23.9. The Balaban J connectivity index is 0.00000625. The number of nitrogens with one attached hydrogen (secondary N) is 2. The van der Waals surface area contributed by atoms with E-state index in [4.69, 9.17) is 5.73 Å². The molecule has 0 fully saturated rings. The predicted molar refractivity (Wildman–Crippen MR) is 105 cm³/mol. The monoisotopic (exact) mass is 384 g/mol. The summed E-state index contributed by atoms with van der Waals surface area (Å²) in [6.07, 6.45) is 0. The highest BCUT2D eigenvalue weighted by Gasteiger charge is 2.17. The Labute approximate surface area is 161 Å². The zero-order valence-corrected chi connectivity index (χ0v) is 16.6. The fourth-order valence-electron chi connectivity index (χ4n) is 2.18. The summed E-state index contributed by atoms with van der Waals surface area (Å²) < 4.78 is 0. The van der Waals surface area contributed by atoms with Crippen molar-refractivity contribution >= 4 is 35.8 Å². The lowest BCUT2D eigenvalue weighted by atomic mass is 10.1. The number of anilines is 1. The van der Waals surface area contributed by atoms with Gasteiger partial charge in [-0.15, -0.1) is 12.4 Å². The molecule has 3 amide bonds. The van der Waals surface area contributed by atoms with Gasteiger partial charge in [0.1, 0.15) is 0 Å². The Morgan fingerprint density at radius 2 is 1.62 bits per heavy atom. The summed E-state index contributed by atoms with van der Waals surface area (Å²) in [7, 11) is 0. The second kappa shape index (κ2) is 11.5.